The highest BCUT2D eigenvalue weighted by Gasteiger charge is 2.24. The van der Waals surface area contributed by atoms with Crippen LogP contribution in [-0.2, 0) is 11.2 Å². The van der Waals surface area contributed by atoms with Gasteiger partial charge in [0.1, 0.15) is 0 Å². The minimum Gasteiger partial charge on any atom is -0.303 e. The van der Waals surface area contributed by atoms with Crippen molar-refractivity contribution >= 4 is 5.78 Å². The van der Waals surface area contributed by atoms with Gasteiger partial charge in [-0.2, -0.15) is 0 Å². The molecule has 2 nitrogen and oxygen atoms in total. The maximum Gasteiger partial charge on any atom is 0.155 e. The Morgan fingerprint density at radius 2 is 2.29 bits per heavy atom. The highest BCUT2D eigenvalue weighted by atomic mass is 16.1. The van der Waals surface area contributed by atoms with E-state index in [9.17, 15) is 4.79 Å². The SMILES string of the molecule is CC#CCCC(=O)C1NCCc2ccccc21. The van der Waals surface area contributed by atoms with Gasteiger partial charge in [-0.15, -0.1) is 11.8 Å². The molecule has 0 aliphatic carbocycles. The zero-order valence-electron chi connectivity index (χ0n) is 10.1. The molecule has 1 heterocycles. The lowest BCUT2D eigenvalue weighted by atomic mass is 9.90. The van der Waals surface area contributed by atoms with E-state index in [4.69, 9.17) is 0 Å². The number of Topliss-reactive ketones (excluding diaryl/α,β-unsaturated/α-hetero) is 1. The first-order chi connectivity index (χ1) is 8.33. The summed E-state index contributed by atoms with van der Waals surface area (Å²) < 4.78 is 0. The third-order valence-electron chi connectivity index (χ3n) is 3.10. The fraction of sp³-hybridized carbons (Fsp3) is 0.400. The molecule has 1 N–H and O–H groups in total. The Balaban J connectivity index is 2.11. The van der Waals surface area contributed by atoms with Crippen molar-refractivity contribution in [3.8, 4) is 11.8 Å². The molecule has 0 fully saturated rings. The lowest BCUT2D eigenvalue weighted by Crippen LogP contribution is -2.35. The van der Waals surface area contributed by atoms with Crippen LogP contribution < -0.4 is 5.32 Å². The molecule has 1 unspecified atom stereocenters. The van der Waals surface area contributed by atoms with Crippen molar-refractivity contribution in [3.05, 3.63) is 35.4 Å². The minimum absolute atomic E-state index is 0.126. The van der Waals surface area contributed by atoms with E-state index in [0.29, 0.717) is 12.8 Å². The number of benzene rings is 1. The van der Waals surface area contributed by atoms with Gasteiger partial charge >= 0.3 is 0 Å². The summed E-state index contributed by atoms with van der Waals surface area (Å²) in [6, 6.07) is 8.07. The quantitative estimate of drug-likeness (QED) is 0.802. The molecule has 2 heteroatoms. The van der Waals surface area contributed by atoms with Crippen LogP contribution in [0.3, 0.4) is 0 Å². The van der Waals surface area contributed by atoms with Crippen LogP contribution in [0.2, 0.25) is 0 Å². The molecule has 1 aliphatic rings. The van der Waals surface area contributed by atoms with Crippen LogP contribution in [-0.4, -0.2) is 12.3 Å². The standard InChI is InChI=1S/C15H17NO/c1-2-3-4-9-14(17)15-13-8-6-5-7-12(13)10-11-16-15/h5-8,15-16H,4,9-11H2,1H3. The molecule has 0 saturated carbocycles. The third-order valence-corrected chi connectivity index (χ3v) is 3.10. The second kappa shape index (κ2) is 5.65. The summed E-state index contributed by atoms with van der Waals surface area (Å²) in [7, 11) is 0. The Morgan fingerprint density at radius 1 is 1.47 bits per heavy atom. The summed E-state index contributed by atoms with van der Waals surface area (Å²) in [5, 5.41) is 3.30. The fourth-order valence-corrected chi connectivity index (χ4v) is 2.25. The lowest BCUT2D eigenvalue weighted by molar-refractivity contribution is -0.121. The Bertz CT molecular complexity index is 467. The van der Waals surface area contributed by atoms with E-state index >= 15 is 0 Å². The first-order valence-electron chi connectivity index (χ1n) is 6.06. The zero-order chi connectivity index (χ0) is 12.1. The number of carbonyl (C=O) groups excluding carboxylic acids is 1. The van der Waals surface area contributed by atoms with E-state index < -0.39 is 0 Å². The van der Waals surface area contributed by atoms with Crippen LogP contribution in [0, 0.1) is 11.8 Å². The number of fused-ring (bicyclic) bond motifs is 1. The molecule has 0 spiro atoms. The van der Waals surface area contributed by atoms with Gasteiger partial charge in [-0.3, -0.25) is 4.79 Å². The van der Waals surface area contributed by atoms with Crippen molar-refractivity contribution < 1.29 is 4.79 Å². The smallest absolute Gasteiger partial charge is 0.155 e. The van der Waals surface area contributed by atoms with Gasteiger partial charge in [0.25, 0.3) is 0 Å². The number of carbonyl (C=O) groups is 1. The topological polar surface area (TPSA) is 29.1 Å². The van der Waals surface area contributed by atoms with Crippen molar-refractivity contribution in [2.75, 3.05) is 6.54 Å². The molecule has 0 bridgehead atoms. The van der Waals surface area contributed by atoms with Gasteiger partial charge in [0.15, 0.2) is 5.78 Å². The highest BCUT2D eigenvalue weighted by molar-refractivity contribution is 5.86. The van der Waals surface area contributed by atoms with E-state index in [-0.39, 0.29) is 11.8 Å². The maximum absolute atomic E-state index is 12.1. The van der Waals surface area contributed by atoms with Crippen molar-refractivity contribution in [2.45, 2.75) is 32.2 Å². The van der Waals surface area contributed by atoms with Crippen LogP contribution in [0.1, 0.15) is 36.9 Å². The van der Waals surface area contributed by atoms with E-state index in [1.54, 1.807) is 6.92 Å². The summed E-state index contributed by atoms with van der Waals surface area (Å²) in [5.41, 5.74) is 2.44. The van der Waals surface area contributed by atoms with Crippen LogP contribution in [0.5, 0.6) is 0 Å². The Morgan fingerprint density at radius 3 is 3.12 bits per heavy atom. The monoisotopic (exact) mass is 227 g/mol. The predicted molar refractivity (Wildman–Crippen MR) is 68.6 cm³/mol. The van der Waals surface area contributed by atoms with Crippen LogP contribution >= 0.6 is 0 Å². The largest absolute Gasteiger partial charge is 0.303 e. The molecule has 1 atom stereocenters. The second-order valence-electron chi connectivity index (χ2n) is 4.23. The summed E-state index contributed by atoms with van der Waals surface area (Å²) in [6.45, 7) is 2.69. The lowest BCUT2D eigenvalue weighted by Gasteiger charge is -2.25. The third kappa shape index (κ3) is 2.75. The predicted octanol–water partition coefficient (Wildman–Crippen LogP) is 2.25. The number of hydrogen-bond acceptors (Lipinski definition) is 2. The Hall–Kier alpha value is -1.59. The molecule has 0 radical (unpaired) electrons. The average molecular weight is 227 g/mol. The molecule has 2 rings (SSSR count). The normalized spacial score (nSPS) is 17.8. The summed E-state index contributed by atoms with van der Waals surface area (Å²) >= 11 is 0. The van der Waals surface area contributed by atoms with E-state index in [1.165, 1.54) is 5.56 Å². The molecule has 1 aliphatic heterocycles. The number of nitrogens with one attached hydrogen (secondary N) is 1. The van der Waals surface area contributed by atoms with Crippen molar-refractivity contribution in [2.24, 2.45) is 0 Å². The molecular formula is C15H17NO. The summed E-state index contributed by atoms with van der Waals surface area (Å²) in [6.07, 6.45) is 2.21. The maximum atomic E-state index is 12.1. The van der Waals surface area contributed by atoms with E-state index in [1.807, 2.05) is 12.1 Å². The summed E-state index contributed by atoms with van der Waals surface area (Å²) in [5.74, 6) is 6.02. The first kappa shape index (κ1) is 11.9. The molecule has 0 saturated heterocycles. The van der Waals surface area contributed by atoms with Crippen LogP contribution in [0.25, 0.3) is 0 Å². The number of hydrogen-bond donors (Lipinski definition) is 1. The molecule has 88 valence electrons. The van der Waals surface area contributed by atoms with Crippen molar-refractivity contribution in [1.82, 2.24) is 5.32 Å². The van der Waals surface area contributed by atoms with Gasteiger partial charge < -0.3 is 5.32 Å². The van der Waals surface area contributed by atoms with Crippen LogP contribution in [0.15, 0.2) is 24.3 Å². The minimum atomic E-state index is -0.126. The molecular weight excluding hydrogens is 210 g/mol. The van der Waals surface area contributed by atoms with Gasteiger partial charge in [0.2, 0.25) is 0 Å². The molecule has 1 aromatic rings. The average Bonchev–Trinajstić information content (AvgIpc) is 2.38. The molecule has 0 amide bonds. The fourth-order valence-electron chi connectivity index (χ4n) is 2.25. The van der Waals surface area contributed by atoms with Gasteiger partial charge in [-0.05, 0) is 24.5 Å². The molecule has 0 aromatic heterocycles. The Labute approximate surface area is 102 Å². The molecule has 17 heavy (non-hydrogen) atoms. The van der Waals surface area contributed by atoms with Crippen LogP contribution in [0.4, 0.5) is 0 Å². The summed E-state index contributed by atoms with van der Waals surface area (Å²) in [4.78, 5) is 12.1. The van der Waals surface area contributed by atoms with Gasteiger partial charge in [0, 0.05) is 19.4 Å². The second-order valence-corrected chi connectivity index (χ2v) is 4.23. The van der Waals surface area contributed by atoms with E-state index in [2.05, 4.69) is 29.3 Å². The number of ketones is 1. The highest BCUT2D eigenvalue weighted by Crippen LogP contribution is 2.24. The molecule has 1 aromatic carbocycles. The Kier molecular flexibility index (Phi) is 3.95. The van der Waals surface area contributed by atoms with Gasteiger partial charge in [-0.1, -0.05) is 24.3 Å². The zero-order valence-corrected chi connectivity index (χ0v) is 10.1. The van der Waals surface area contributed by atoms with E-state index in [0.717, 1.165) is 18.5 Å². The first-order valence-corrected chi connectivity index (χ1v) is 6.06. The van der Waals surface area contributed by atoms with Gasteiger partial charge in [0.05, 0.1) is 6.04 Å². The van der Waals surface area contributed by atoms with Gasteiger partial charge in [-0.25, -0.2) is 0 Å². The van der Waals surface area contributed by atoms with Crippen molar-refractivity contribution in [1.29, 1.82) is 0 Å². The number of rotatable bonds is 3. The van der Waals surface area contributed by atoms with Crippen molar-refractivity contribution in [3.63, 3.8) is 0 Å².